The van der Waals surface area contributed by atoms with Crippen molar-refractivity contribution < 1.29 is 4.74 Å². The van der Waals surface area contributed by atoms with E-state index in [0.717, 1.165) is 26.1 Å². The third-order valence-electron chi connectivity index (χ3n) is 4.82. The molecule has 7 nitrogen and oxygen atoms in total. The fraction of sp³-hybridized carbons (Fsp3) is 0.556. The summed E-state index contributed by atoms with van der Waals surface area (Å²) in [7, 11) is 1.55. The van der Waals surface area contributed by atoms with Gasteiger partial charge in [0.15, 0.2) is 0 Å². The number of hydrogen-bond donors (Lipinski definition) is 1. The van der Waals surface area contributed by atoms with E-state index in [0.29, 0.717) is 29.7 Å². The van der Waals surface area contributed by atoms with Gasteiger partial charge in [-0.25, -0.2) is 4.79 Å². The molecule has 1 saturated heterocycles. The Hall–Kier alpha value is -2.12. The molecule has 136 valence electrons. The second-order valence-corrected chi connectivity index (χ2v) is 6.56. The van der Waals surface area contributed by atoms with Crippen molar-refractivity contribution in [2.24, 2.45) is 0 Å². The van der Waals surface area contributed by atoms with Crippen LogP contribution in [0.25, 0.3) is 10.9 Å². The number of nitrogens with two attached hydrogens (primary N) is 1. The van der Waals surface area contributed by atoms with Gasteiger partial charge < -0.3 is 15.4 Å². The monoisotopic (exact) mass is 346 g/mol. The summed E-state index contributed by atoms with van der Waals surface area (Å²) >= 11 is 0. The zero-order chi connectivity index (χ0) is 17.8. The summed E-state index contributed by atoms with van der Waals surface area (Å²) in [5, 5.41) is 0.483. The van der Waals surface area contributed by atoms with Crippen molar-refractivity contribution in [3.63, 3.8) is 0 Å². The van der Waals surface area contributed by atoms with Gasteiger partial charge in [-0.2, -0.15) is 0 Å². The van der Waals surface area contributed by atoms with Crippen molar-refractivity contribution >= 4 is 16.6 Å². The summed E-state index contributed by atoms with van der Waals surface area (Å²) in [5.41, 5.74) is 6.44. The van der Waals surface area contributed by atoms with E-state index in [4.69, 9.17) is 10.5 Å². The van der Waals surface area contributed by atoms with E-state index in [9.17, 15) is 9.59 Å². The van der Waals surface area contributed by atoms with Gasteiger partial charge in [0.1, 0.15) is 0 Å². The van der Waals surface area contributed by atoms with Crippen molar-refractivity contribution in [1.82, 2.24) is 14.0 Å². The predicted octanol–water partition coefficient (Wildman–Crippen LogP) is 0.878. The average molecular weight is 346 g/mol. The highest BCUT2D eigenvalue weighted by Gasteiger charge is 2.15. The maximum absolute atomic E-state index is 12.8. The Morgan fingerprint density at radius 3 is 2.56 bits per heavy atom. The molecule has 0 amide bonds. The summed E-state index contributed by atoms with van der Waals surface area (Å²) in [6.07, 6.45) is 3.38. The topological polar surface area (TPSA) is 82.5 Å². The Bertz CT molecular complexity index is 850. The molecule has 0 unspecified atom stereocenters. The van der Waals surface area contributed by atoms with Crippen LogP contribution in [-0.2, 0) is 17.8 Å². The number of aryl methyl sites for hydroxylation is 1. The summed E-state index contributed by atoms with van der Waals surface area (Å²) in [5.74, 6) is 0. The van der Waals surface area contributed by atoms with Crippen LogP contribution in [0.5, 0.6) is 0 Å². The summed E-state index contributed by atoms with van der Waals surface area (Å²) < 4.78 is 7.99. The normalized spacial score (nSPS) is 15.2. The first-order valence-corrected chi connectivity index (χ1v) is 8.86. The van der Waals surface area contributed by atoms with E-state index in [1.165, 1.54) is 17.4 Å². The molecular weight excluding hydrogens is 320 g/mol. The Kier molecular flexibility index (Phi) is 5.55. The lowest BCUT2D eigenvalue weighted by molar-refractivity contribution is 0.184. The molecule has 3 rings (SSSR count). The molecular formula is C18H26N4O3. The standard InChI is InChI=1S/C18H26N4O3/c1-25-12-11-22-17(23)15-13-14(19)5-6-16(15)21(18(22)24)10-4-9-20-7-2-3-8-20/h5-6,13H,2-4,7-12,19H2,1H3. The number of aromatic nitrogens is 2. The SMILES string of the molecule is COCCn1c(=O)c2cc(N)ccc2n(CCCN2CCCC2)c1=O. The van der Waals surface area contributed by atoms with Crippen LogP contribution in [-0.4, -0.2) is 47.4 Å². The van der Waals surface area contributed by atoms with Gasteiger partial charge in [0.2, 0.25) is 0 Å². The van der Waals surface area contributed by atoms with E-state index in [-0.39, 0.29) is 17.8 Å². The van der Waals surface area contributed by atoms with Crippen LogP contribution >= 0.6 is 0 Å². The number of fused-ring (bicyclic) bond motifs is 1. The second-order valence-electron chi connectivity index (χ2n) is 6.56. The number of rotatable bonds is 7. The molecule has 25 heavy (non-hydrogen) atoms. The molecule has 0 saturated carbocycles. The van der Waals surface area contributed by atoms with E-state index >= 15 is 0 Å². The van der Waals surface area contributed by atoms with Gasteiger partial charge in [0.05, 0.1) is 24.1 Å². The predicted molar refractivity (Wildman–Crippen MR) is 99.0 cm³/mol. The Morgan fingerprint density at radius 1 is 1.08 bits per heavy atom. The second kappa shape index (κ2) is 7.84. The Balaban J connectivity index is 1.96. The zero-order valence-electron chi connectivity index (χ0n) is 14.7. The minimum atomic E-state index is -0.305. The zero-order valence-corrected chi connectivity index (χ0v) is 14.7. The van der Waals surface area contributed by atoms with Crippen LogP contribution in [0.2, 0.25) is 0 Å². The molecule has 0 atom stereocenters. The van der Waals surface area contributed by atoms with Crippen molar-refractivity contribution in [2.45, 2.75) is 32.4 Å². The number of anilines is 1. The largest absolute Gasteiger partial charge is 0.399 e. The van der Waals surface area contributed by atoms with Gasteiger partial charge >= 0.3 is 5.69 Å². The highest BCUT2D eigenvalue weighted by atomic mass is 16.5. The first-order chi connectivity index (χ1) is 12.1. The van der Waals surface area contributed by atoms with Gasteiger partial charge in [0, 0.05) is 19.3 Å². The van der Waals surface area contributed by atoms with E-state index in [1.807, 2.05) is 0 Å². The van der Waals surface area contributed by atoms with E-state index in [1.54, 1.807) is 29.9 Å². The lowest BCUT2D eigenvalue weighted by Crippen LogP contribution is -2.41. The number of ether oxygens (including phenoxy) is 1. The molecule has 1 fully saturated rings. The van der Waals surface area contributed by atoms with Crippen molar-refractivity contribution in [3.05, 3.63) is 39.0 Å². The van der Waals surface area contributed by atoms with Crippen LogP contribution in [0, 0.1) is 0 Å². The molecule has 1 aliphatic heterocycles. The van der Waals surface area contributed by atoms with Gasteiger partial charge in [-0.1, -0.05) is 0 Å². The first-order valence-electron chi connectivity index (χ1n) is 8.86. The average Bonchev–Trinajstić information content (AvgIpc) is 3.11. The maximum atomic E-state index is 12.8. The van der Waals surface area contributed by atoms with Gasteiger partial charge in [-0.15, -0.1) is 0 Å². The van der Waals surface area contributed by atoms with Gasteiger partial charge in [0.25, 0.3) is 5.56 Å². The van der Waals surface area contributed by atoms with Crippen molar-refractivity contribution in [2.75, 3.05) is 39.1 Å². The molecule has 2 heterocycles. The number of likely N-dealkylation sites (tertiary alicyclic amines) is 1. The van der Waals surface area contributed by atoms with Crippen LogP contribution in [0.3, 0.4) is 0 Å². The summed E-state index contributed by atoms with van der Waals surface area (Å²) in [6, 6.07) is 5.15. The summed E-state index contributed by atoms with van der Waals surface area (Å²) in [4.78, 5) is 27.9. The van der Waals surface area contributed by atoms with E-state index in [2.05, 4.69) is 4.90 Å². The molecule has 0 radical (unpaired) electrons. The van der Waals surface area contributed by atoms with Gasteiger partial charge in [-0.05, 0) is 57.1 Å². The Labute approximate surface area is 146 Å². The quantitative estimate of drug-likeness (QED) is 0.753. The van der Waals surface area contributed by atoms with Crippen LogP contribution < -0.4 is 17.0 Å². The number of benzene rings is 1. The number of nitrogen functional groups attached to an aromatic ring is 1. The number of methoxy groups -OCH3 is 1. The lowest BCUT2D eigenvalue weighted by Gasteiger charge is -2.17. The lowest BCUT2D eigenvalue weighted by atomic mass is 10.2. The molecule has 1 aromatic heterocycles. The van der Waals surface area contributed by atoms with E-state index < -0.39 is 0 Å². The Morgan fingerprint density at radius 2 is 1.84 bits per heavy atom. The molecule has 2 aromatic rings. The molecule has 0 bridgehead atoms. The van der Waals surface area contributed by atoms with Crippen molar-refractivity contribution in [1.29, 1.82) is 0 Å². The molecule has 1 aromatic carbocycles. The third kappa shape index (κ3) is 3.77. The summed E-state index contributed by atoms with van der Waals surface area (Å²) in [6.45, 7) is 4.39. The smallest absolute Gasteiger partial charge is 0.331 e. The number of hydrogen-bond acceptors (Lipinski definition) is 5. The minimum Gasteiger partial charge on any atom is -0.399 e. The fourth-order valence-electron chi connectivity index (χ4n) is 3.50. The van der Waals surface area contributed by atoms with Crippen molar-refractivity contribution in [3.8, 4) is 0 Å². The van der Waals surface area contributed by atoms with Crippen LogP contribution in [0.4, 0.5) is 5.69 Å². The molecule has 0 spiro atoms. The van der Waals surface area contributed by atoms with Gasteiger partial charge in [-0.3, -0.25) is 13.9 Å². The minimum absolute atomic E-state index is 0.241. The molecule has 2 N–H and O–H groups in total. The van der Waals surface area contributed by atoms with Crippen LogP contribution in [0.1, 0.15) is 19.3 Å². The number of nitrogens with zero attached hydrogens (tertiary/aromatic N) is 3. The molecule has 7 heteroatoms. The molecule has 0 aliphatic carbocycles. The maximum Gasteiger partial charge on any atom is 0.331 e. The van der Waals surface area contributed by atoms with Crippen LogP contribution in [0.15, 0.2) is 27.8 Å². The highest BCUT2D eigenvalue weighted by molar-refractivity contribution is 5.81. The highest BCUT2D eigenvalue weighted by Crippen LogP contribution is 2.14. The molecule has 1 aliphatic rings. The third-order valence-corrected chi connectivity index (χ3v) is 4.82. The fourth-order valence-corrected chi connectivity index (χ4v) is 3.50. The first kappa shape index (κ1) is 17.7.